The van der Waals surface area contributed by atoms with Gasteiger partial charge >= 0.3 is 0 Å². The summed E-state index contributed by atoms with van der Waals surface area (Å²) in [5.41, 5.74) is 1.90. The zero-order chi connectivity index (χ0) is 19.0. The lowest BCUT2D eigenvalue weighted by atomic mass is 10.1. The molecule has 136 valence electrons. The van der Waals surface area contributed by atoms with E-state index in [-0.39, 0.29) is 22.0 Å². The number of nitrogens with zero attached hydrogens (tertiary/aromatic N) is 2. The number of fused-ring (bicyclic) bond motifs is 1. The quantitative estimate of drug-likeness (QED) is 0.575. The molecule has 0 spiro atoms. The number of benzene rings is 2. The summed E-state index contributed by atoms with van der Waals surface area (Å²) < 4.78 is 44.3. The lowest BCUT2D eigenvalue weighted by molar-refractivity contribution is 0.601. The third kappa shape index (κ3) is 3.17. The monoisotopic (exact) mass is 381 g/mol. The first kappa shape index (κ1) is 17.2. The smallest absolute Gasteiger partial charge is 0.263 e. The summed E-state index contributed by atoms with van der Waals surface area (Å²) in [7, 11) is -3.86. The predicted molar refractivity (Wildman–Crippen MR) is 103 cm³/mol. The van der Waals surface area contributed by atoms with Crippen molar-refractivity contribution in [1.29, 1.82) is 0 Å². The van der Waals surface area contributed by atoms with Crippen LogP contribution in [0.15, 0.2) is 77.8 Å². The van der Waals surface area contributed by atoms with E-state index in [9.17, 15) is 12.8 Å². The molecule has 0 bridgehead atoms. The van der Waals surface area contributed by atoms with Crippen molar-refractivity contribution >= 4 is 21.5 Å². The summed E-state index contributed by atoms with van der Waals surface area (Å²) in [4.78, 5) is 4.58. The van der Waals surface area contributed by atoms with Crippen LogP contribution in [0.4, 0.5) is 10.2 Å². The molecule has 7 heteroatoms. The maximum atomic E-state index is 14.4. The van der Waals surface area contributed by atoms with E-state index in [1.807, 2.05) is 13.0 Å². The average Bonchev–Trinajstić information content (AvgIpc) is 3.00. The SMILES string of the molecule is Cc1ccc2nc(-c3ccccc3F)c(NS(=O)(=O)c3ccccc3)n2c1. The van der Waals surface area contributed by atoms with Crippen molar-refractivity contribution < 1.29 is 12.8 Å². The van der Waals surface area contributed by atoms with Gasteiger partial charge in [-0.3, -0.25) is 9.12 Å². The molecule has 0 atom stereocenters. The number of hydrogen-bond acceptors (Lipinski definition) is 3. The molecule has 0 aliphatic carbocycles. The highest BCUT2D eigenvalue weighted by molar-refractivity contribution is 7.92. The highest BCUT2D eigenvalue weighted by Crippen LogP contribution is 2.32. The van der Waals surface area contributed by atoms with Crippen molar-refractivity contribution in [2.24, 2.45) is 0 Å². The summed E-state index contributed by atoms with van der Waals surface area (Å²) in [6.07, 6.45) is 1.76. The Morgan fingerprint density at radius 2 is 1.67 bits per heavy atom. The van der Waals surface area contributed by atoms with Gasteiger partial charge in [0.1, 0.15) is 17.2 Å². The first-order valence-corrected chi connectivity index (χ1v) is 9.75. The number of rotatable bonds is 4. The fraction of sp³-hybridized carbons (Fsp3) is 0.0500. The van der Waals surface area contributed by atoms with Gasteiger partial charge in [0.2, 0.25) is 0 Å². The fourth-order valence-corrected chi connectivity index (χ4v) is 3.96. The van der Waals surface area contributed by atoms with Crippen molar-refractivity contribution in [1.82, 2.24) is 9.38 Å². The molecule has 4 aromatic rings. The van der Waals surface area contributed by atoms with E-state index in [0.717, 1.165) is 5.56 Å². The molecule has 0 radical (unpaired) electrons. The van der Waals surface area contributed by atoms with Crippen LogP contribution >= 0.6 is 0 Å². The van der Waals surface area contributed by atoms with Crippen LogP contribution in [0.5, 0.6) is 0 Å². The summed E-state index contributed by atoms with van der Waals surface area (Å²) in [5.74, 6) is -0.277. The standard InChI is InChI=1S/C20H16FN3O2S/c1-14-11-12-18-22-19(16-9-5-6-10-17(16)21)20(24(18)13-14)23-27(25,26)15-7-3-2-4-8-15/h2-13,23H,1H3. The molecule has 0 aliphatic heterocycles. The number of imidazole rings is 1. The van der Waals surface area contributed by atoms with Crippen molar-refractivity contribution in [2.75, 3.05) is 4.72 Å². The summed E-state index contributed by atoms with van der Waals surface area (Å²) in [5, 5.41) is 0. The molecule has 0 unspecified atom stereocenters. The molecule has 2 aromatic carbocycles. The van der Waals surface area contributed by atoms with Crippen LogP contribution in [-0.2, 0) is 10.0 Å². The molecule has 27 heavy (non-hydrogen) atoms. The number of sulfonamides is 1. The summed E-state index contributed by atoms with van der Waals surface area (Å²) in [6.45, 7) is 1.89. The van der Waals surface area contributed by atoms with Crippen molar-refractivity contribution in [2.45, 2.75) is 11.8 Å². The Labute approximate surface area is 156 Å². The van der Waals surface area contributed by atoms with Crippen molar-refractivity contribution in [3.63, 3.8) is 0 Å². The topological polar surface area (TPSA) is 63.5 Å². The number of aromatic nitrogens is 2. The maximum Gasteiger partial charge on any atom is 0.263 e. The zero-order valence-electron chi connectivity index (χ0n) is 14.4. The maximum absolute atomic E-state index is 14.4. The Hall–Kier alpha value is -3.19. The summed E-state index contributed by atoms with van der Waals surface area (Å²) >= 11 is 0. The van der Waals surface area contributed by atoms with Crippen LogP contribution in [0.25, 0.3) is 16.9 Å². The van der Waals surface area contributed by atoms with E-state index in [2.05, 4.69) is 9.71 Å². The molecule has 1 N–H and O–H groups in total. The Morgan fingerprint density at radius 3 is 2.41 bits per heavy atom. The van der Waals surface area contributed by atoms with E-state index in [1.165, 1.54) is 18.2 Å². The number of pyridine rings is 1. The second-order valence-corrected chi connectivity index (χ2v) is 7.82. The predicted octanol–water partition coefficient (Wildman–Crippen LogP) is 4.25. The van der Waals surface area contributed by atoms with Gasteiger partial charge in [0.05, 0.1) is 4.90 Å². The number of hydrogen-bond donors (Lipinski definition) is 1. The Balaban J connectivity index is 1.94. The van der Waals surface area contributed by atoms with Gasteiger partial charge in [-0.1, -0.05) is 36.4 Å². The third-order valence-corrected chi connectivity index (χ3v) is 5.53. The molecule has 0 fully saturated rings. The molecule has 2 aromatic heterocycles. The Morgan fingerprint density at radius 1 is 0.963 bits per heavy atom. The minimum absolute atomic E-state index is 0.118. The number of nitrogens with one attached hydrogen (secondary N) is 1. The molecule has 0 amide bonds. The van der Waals surface area contributed by atoms with Crippen molar-refractivity contribution in [3.05, 3.63) is 84.3 Å². The Kier molecular flexibility index (Phi) is 4.16. The second-order valence-electron chi connectivity index (χ2n) is 6.14. The van der Waals surface area contributed by atoms with Crippen LogP contribution in [0.2, 0.25) is 0 Å². The zero-order valence-corrected chi connectivity index (χ0v) is 15.2. The van der Waals surface area contributed by atoms with Gasteiger partial charge < -0.3 is 0 Å². The molecule has 0 saturated heterocycles. The lowest BCUT2D eigenvalue weighted by Gasteiger charge is -2.10. The normalized spacial score (nSPS) is 11.6. The van der Waals surface area contributed by atoms with Gasteiger partial charge in [0, 0.05) is 11.8 Å². The molecule has 0 saturated carbocycles. The molecule has 5 nitrogen and oxygen atoms in total. The van der Waals surface area contributed by atoms with Crippen LogP contribution in [0.3, 0.4) is 0 Å². The van der Waals surface area contributed by atoms with Gasteiger partial charge in [0.15, 0.2) is 5.82 Å². The highest BCUT2D eigenvalue weighted by atomic mass is 32.2. The van der Waals surface area contributed by atoms with Gasteiger partial charge in [-0.2, -0.15) is 0 Å². The minimum Gasteiger partial charge on any atom is -0.285 e. The van der Waals surface area contributed by atoms with Crippen LogP contribution < -0.4 is 4.72 Å². The number of aryl methyl sites for hydroxylation is 1. The highest BCUT2D eigenvalue weighted by Gasteiger charge is 2.22. The first-order chi connectivity index (χ1) is 13.0. The second kappa shape index (κ2) is 6.51. The van der Waals surface area contributed by atoms with Gasteiger partial charge in [-0.05, 0) is 42.8 Å². The number of anilines is 1. The van der Waals surface area contributed by atoms with Crippen LogP contribution in [0, 0.1) is 12.7 Å². The molecule has 2 heterocycles. The number of halogens is 1. The van der Waals surface area contributed by atoms with E-state index >= 15 is 0 Å². The van der Waals surface area contributed by atoms with Gasteiger partial charge in [0.25, 0.3) is 10.0 Å². The molecule has 4 rings (SSSR count). The van der Waals surface area contributed by atoms with E-state index in [4.69, 9.17) is 0 Å². The largest absolute Gasteiger partial charge is 0.285 e. The average molecular weight is 381 g/mol. The molecule has 0 aliphatic rings. The fourth-order valence-electron chi connectivity index (χ4n) is 2.88. The Bertz CT molecular complexity index is 1230. The van der Waals surface area contributed by atoms with Crippen molar-refractivity contribution in [3.8, 4) is 11.3 Å². The first-order valence-electron chi connectivity index (χ1n) is 8.27. The molecular weight excluding hydrogens is 365 g/mol. The van der Waals surface area contributed by atoms with E-state index in [1.54, 1.807) is 53.1 Å². The lowest BCUT2D eigenvalue weighted by Crippen LogP contribution is -2.15. The molecular formula is C20H16FN3O2S. The van der Waals surface area contributed by atoms with Gasteiger partial charge in [-0.15, -0.1) is 0 Å². The van der Waals surface area contributed by atoms with Crippen LogP contribution in [0.1, 0.15) is 5.56 Å². The summed E-state index contributed by atoms with van der Waals surface area (Å²) in [6, 6.07) is 17.8. The minimum atomic E-state index is -3.86. The third-order valence-electron chi connectivity index (χ3n) is 4.18. The van der Waals surface area contributed by atoms with E-state index in [0.29, 0.717) is 5.65 Å². The van der Waals surface area contributed by atoms with Crippen LogP contribution in [-0.4, -0.2) is 17.8 Å². The van der Waals surface area contributed by atoms with Gasteiger partial charge in [-0.25, -0.2) is 17.8 Å². The van der Waals surface area contributed by atoms with E-state index < -0.39 is 15.8 Å².